The number of anilines is 1. The van der Waals surface area contributed by atoms with Gasteiger partial charge in [-0.3, -0.25) is 4.40 Å². The molecule has 3 heterocycles. The van der Waals surface area contributed by atoms with Gasteiger partial charge in [0.25, 0.3) is 0 Å². The van der Waals surface area contributed by atoms with Crippen LogP contribution in [0.15, 0.2) is 30.5 Å². The third kappa shape index (κ3) is 2.27. The summed E-state index contributed by atoms with van der Waals surface area (Å²) in [6.45, 7) is 5.95. The molecular formula is C19H23N5O. The minimum absolute atomic E-state index is 0.00678. The fourth-order valence-corrected chi connectivity index (χ4v) is 4.90. The van der Waals surface area contributed by atoms with E-state index in [1.807, 2.05) is 27.6 Å². The smallest absolute Gasteiger partial charge is 0.321 e. The molecule has 1 saturated carbocycles. The van der Waals surface area contributed by atoms with Crippen LogP contribution in [0.3, 0.4) is 0 Å². The second kappa shape index (κ2) is 5.31. The molecule has 3 aliphatic rings. The van der Waals surface area contributed by atoms with E-state index in [1.54, 1.807) is 0 Å². The van der Waals surface area contributed by atoms with Gasteiger partial charge in [0.15, 0.2) is 5.65 Å². The number of hydrogen-bond donors (Lipinski definition) is 1. The standard InChI is InChI=1S/C19H23N5O/c1-11(2)18-22-21-17-6-5-14(8-24(17)18)20-19(25)23-9-15-12-3-4-13(7-12)16(15)10-23/h3-6,8,11-13,15-16H,7,9-10H2,1-2H3,(H,20,25)/t12?,13?,15-,16+. The lowest BCUT2D eigenvalue weighted by atomic mass is 9.86. The Morgan fingerprint density at radius 3 is 2.56 bits per heavy atom. The summed E-state index contributed by atoms with van der Waals surface area (Å²) in [6, 6.07) is 3.80. The van der Waals surface area contributed by atoms with Crippen LogP contribution in [0.4, 0.5) is 10.5 Å². The quantitative estimate of drug-likeness (QED) is 0.856. The number of aromatic nitrogens is 3. The molecule has 5 rings (SSSR count). The van der Waals surface area contributed by atoms with Crippen molar-refractivity contribution in [3.63, 3.8) is 0 Å². The van der Waals surface area contributed by atoms with Gasteiger partial charge in [-0.25, -0.2) is 4.79 Å². The number of nitrogens with one attached hydrogen (secondary N) is 1. The van der Waals surface area contributed by atoms with E-state index < -0.39 is 0 Å². The number of carbonyl (C=O) groups is 1. The maximum absolute atomic E-state index is 12.7. The second-order valence-corrected chi connectivity index (χ2v) is 7.97. The van der Waals surface area contributed by atoms with Crippen molar-refractivity contribution in [1.29, 1.82) is 0 Å². The van der Waals surface area contributed by atoms with Crippen molar-refractivity contribution < 1.29 is 4.79 Å². The molecule has 1 saturated heterocycles. The van der Waals surface area contributed by atoms with Gasteiger partial charge in [-0.1, -0.05) is 26.0 Å². The van der Waals surface area contributed by atoms with Crippen molar-refractivity contribution >= 4 is 17.4 Å². The fraction of sp³-hybridized carbons (Fsp3) is 0.526. The van der Waals surface area contributed by atoms with Crippen LogP contribution in [0.25, 0.3) is 5.65 Å². The van der Waals surface area contributed by atoms with E-state index in [4.69, 9.17) is 0 Å². The Kier molecular flexibility index (Phi) is 3.17. The number of carbonyl (C=O) groups excluding carboxylic acids is 1. The number of nitrogens with zero attached hydrogens (tertiary/aromatic N) is 4. The van der Waals surface area contributed by atoms with E-state index in [-0.39, 0.29) is 11.9 Å². The van der Waals surface area contributed by atoms with Crippen molar-refractivity contribution in [3.8, 4) is 0 Å². The van der Waals surface area contributed by atoms with Gasteiger partial charge >= 0.3 is 6.03 Å². The Morgan fingerprint density at radius 2 is 1.88 bits per heavy atom. The summed E-state index contributed by atoms with van der Waals surface area (Å²) in [7, 11) is 0. The number of urea groups is 1. The lowest BCUT2D eigenvalue weighted by Gasteiger charge is -2.19. The van der Waals surface area contributed by atoms with E-state index in [0.29, 0.717) is 23.7 Å². The van der Waals surface area contributed by atoms with E-state index >= 15 is 0 Å². The highest BCUT2D eigenvalue weighted by Gasteiger charge is 2.50. The molecule has 2 aromatic rings. The summed E-state index contributed by atoms with van der Waals surface area (Å²) in [6.07, 6.45) is 7.94. The Morgan fingerprint density at radius 1 is 1.16 bits per heavy atom. The molecule has 0 aromatic carbocycles. The first-order valence-electron chi connectivity index (χ1n) is 9.19. The average Bonchev–Trinajstić information content (AvgIpc) is 3.34. The molecule has 2 amide bonds. The number of pyridine rings is 1. The average molecular weight is 337 g/mol. The lowest BCUT2D eigenvalue weighted by molar-refractivity contribution is 0.217. The molecule has 1 N–H and O–H groups in total. The first kappa shape index (κ1) is 14.9. The highest BCUT2D eigenvalue weighted by atomic mass is 16.2. The van der Waals surface area contributed by atoms with Crippen LogP contribution in [0, 0.1) is 23.7 Å². The minimum Gasteiger partial charge on any atom is -0.324 e. The van der Waals surface area contributed by atoms with Gasteiger partial charge in [0, 0.05) is 25.2 Å². The molecule has 6 heteroatoms. The first-order chi connectivity index (χ1) is 12.1. The lowest BCUT2D eigenvalue weighted by Crippen LogP contribution is -2.34. The molecule has 6 nitrogen and oxygen atoms in total. The van der Waals surface area contributed by atoms with E-state index in [9.17, 15) is 4.79 Å². The van der Waals surface area contributed by atoms with Crippen molar-refractivity contribution in [1.82, 2.24) is 19.5 Å². The molecule has 0 radical (unpaired) electrons. The highest BCUT2D eigenvalue weighted by molar-refractivity contribution is 5.89. The second-order valence-electron chi connectivity index (χ2n) is 7.97. The van der Waals surface area contributed by atoms with Crippen LogP contribution in [0.5, 0.6) is 0 Å². The molecule has 4 atom stereocenters. The maximum atomic E-state index is 12.7. The molecule has 2 bridgehead atoms. The number of allylic oxidation sites excluding steroid dienone is 2. The van der Waals surface area contributed by atoms with Gasteiger partial charge in [-0.2, -0.15) is 0 Å². The van der Waals surface area contributed by atoms with Crippen LogP contribution in [0.1, 0.15) is 32.0 Å². The normalized spacial score (nSPS) is 29.8. The Bertz CT molecular complexity index is 850. The van der Waals surface area contributed by atoms with Crippen molar-refractivity contribution in [2.24, 2.45) is 23.7 Å². The van der Waals surface area contributed by atoms with Gasteiger partial charge in [0.2, 0.25) is 0 Å². The van der Waals surface area contributed by atoms with E-state index in [1.165, 1.54) is 6.42 Å². The summed E-state index contributed by atoms with van der Waals surface area (Å²) < 4.78 is 1.96. The first-order valence-corrected chi connectivity index (χ1v) is 9.19. The summed E-state index contributed by atoms with van der Waals surface area (Å²) >= 11 is 0. The Labute approximate surface area is 146 Å². The number of rotatable bonds is 2. The van der Waals surface area contributed by atoms with Crippen LogP contribution in [0.2, 0.25) is 0 Å². The largest absolute Gasteiger partial charge is 0.324 e. The maximum Gasteiger partial charge on any atom is 0.321 e. The van der Waals surface area contributed by atoms with E-state index in [0.717, 1.165) is 30.2 Å². The monoisotopic (exact) mass is 337 g/mol. The third-order valence-electron chi connectivity index (χ3n) is 6.15. The van der Waals surface area contributed by atoms with Crippen molar-refractivity contribution in [2.45, 2.75) is 26.2 Å². The van der Waals surface area contributed by atoms with Gasteiger partial charge in [-0.15, -0.1) is 10.2 Å². The van der Waals surface area contributed by atoms with Crippen molar-refractivity contribution in [2.75, 3.05) is 18.4 Å². The van der Waals surface area contributed by atoms with Crippen LogP contribution in [-0.4, -0.2) is 38.6 Å². The molecular weight excluding hydrogens is 314 g/mol. The molecule has 2 fully saturated rings. The predicted octanol–water partition coefficient (Wildman–Crippen LogP) is 3.14. The SMILES string of the molecule is CC(C)c1nnc2ccc(NC(=O)N3C[C@@H]4C5C=CC(C5)[C@@H]4C3)cn12. The topological polar surface area (TPSA) is 62.5 Å². The van der Waals surface area contributed by atoms with Gasteiger partial charge in [0.1, 0.15) is 5.82 Å². The molecule has 130 valence electrons. The van der Waals surface area contributed by atoms with Crippen LogP contribution in [-0.2, 0) is 0 Å². The Hall–Kier alpha value is -2.37. The van der Waals surface area contributed by atoms with E-state index in [2.05, 4.69) is 41.5 Å². The molecule has 25 heavy (non-hydrogen) atoms. The zero-order valence-corrected chi connectivity index (χ0v) is 14.6. The highest BCUT2D eigenvalue weighted by Crippen LogP contribution is 2.51. The predicted molar refractivity (Wildman–Crippen MR) is 95.4 cm³/mol. The summed E-state index contributed by atoms with van der Waals surface area (Å²) in [5.74, 6) is 3.89. The zero-order chi connectivity index (χ0) is 17.1. The zero-order valence-electron chi connectivity index (χ0n) is 14.6. The number of hydrogen-bond acceptors (Lipinski definition) is 3. The third-order valence-corrected chi connectivity index (χ3v) is 6.15. The molecule has 2 aliphatic carbocycles. The molecule has 0 spiro atoms. The number of likely N-dealkylation sites (tertiary alicyclic amines) is 1. The molecule has 2 aromatic heterocycles. The number of fused-ring (bicyclic) bond motifs is 6. The van der Waals surface area contributed by atoms with Crippen LogP contribution >= 0.6 is 0 Å². The summed E-state index contributed by atoms with van der Waals surface area (Å²) in [5, 5.41) is 11.5. The van der Waals surface area contributed by atoms with Gasteiger partial charge < -0.3 is 10.2 Å². The number of amides is 2. The van der Waals surface area contributed by atoms with Gasteiger partial charge in [-0.05, 0) is 42.2 Å². The van der Waals surface area contributed by atoms with Crippen molar-refractivity contribution in [3.05, 3.63) is 36.3 Å². The summed E-state index contributed by atoms with van der Waals surface area (Å²) in [4.78, 5) is 14.7. The minimum atomic E-state index is 0.00678. The molecule has 1 aliphatic heterocycles. The van der Waals surface area contributed by atoms with Gasteiger partial charge in [0.05, 0.1) is 5.69 Å². The Balaban J connectivity index is 1.33. The molecule has 2 unspecified atom stereocenters. The van der Waals surface area contributed by atoms with Crippen LogP contribution < -0.4 is 5.32 Å². The fourth-order valence-electron chi connectivity index (χ4n) is 4.90. The summed E-state index contributed by atoms with van der Waals surface area (Å²) in [5.41, 5.74) is 1.59.